The molecule has 0 spiro atoms. The van der Waals surface area contributed by atoms with Gasteiger partial charge in [0.2, 0.25) is 0 Å². The average Bonchev–Trinajstić information content (AvgIpc) is 2.98. The maximum atomic E-state index is 11.2. The van der Waals surface area contributed by atoms with E-state index in [0.717, 1.165) is 25.0 Å². The smallest absolute Gasteiger partial charge is 0.337 e. The number of nitrogens with one attached hydrogen (secondary N) is 1. The molecule has 0 unspecified atom stereocenters. The van der Waals surface area contributed by atoms with Crippen LogP contribution in [0, 0.1) is 11.3 Å². The van der Waals surface area contributed by atoms with Gasteiger partial charge < -0.3 is 10.1 Å². The fourth-order valence-corrected chi connectivity index (χ4v) is 2.62. The molecule has 2 aromatic heterocycles. The molecule has 0 saturated carbocycles. The molecule has 3 rings (SSSR count). The minimum absolute atomic E-state index is 0.244. The Bertz CT molecular complexity index is 889. The summed E-state index contributed by atoms with van der Waals surface area (Å²) in [4.78, 5) is 18.6. The van der Waals surface area contributed by atoms with E-state index in [1.807, 2.05) is 30.3 Å². The fraction of sp³-hybridized carbons (Fsp3) is 0.167. The zero-order chi connectivity index (χ0) is 16.2. The predicted octanol–water partition coefficient (Wildman–Crippen LogP) is 3.31. The van der Waals surface area contributed by atoms with E-state index in [-0.39, 0.29) is 5.56 Å². The van der Waals surface area contributed by atoms with Crippen LogP contribution in [-0.2, 0) is 12.8 Å². The van der Waals surface area contributed by atoms with Crippen molar-refractivity contribution in [2.24, 2.45) is 0 Å². The number of hydrogen-bond acceptors (Lipinski definition) is 3. The van der Waals surface area contributed by atoms with Crippen LogP contribution in [0.25, 0.3) is 11.0 Å². The Labute approximate surface area is 133 Å². The van der Waals surface area contributed by atoms with Gasteiger partial charge in [0.05, 0.1) is 28.2 Å². The van der Waals surface area contributed by atoms with E-state index in [9.17, 15) is 9.90 Å². The van der Waals surface area contributed by atoms with E-state index in [2.05, 4.69) is 16.0 Å². The van der Waals surface area contributed by atoms with Crippen molar-refractivity contribution < 1.29 is 9.90 Å². The molecule has 0 aliphatic carbocycles. The maximum Gasteiger partial charge on any atom is 0.337 e. The fourth-order valence-electron chi connectivity index (χ4n) is 2.62. The lowest BCUT2D eigenvalue weighted by atomic mass is 10.1. The highest BCUT2D eigenvalue weighted by Gasteiger charge is 2.11. The van der Waals surface area contributed by atoms with Crippen molar-refractivity contribution in [2.45, 2.75) is 19.3 Å². The maximum absolute atomic E-state index is 11.2. The Hall–Kier alpha value is -3.13. The second-order valence-corrected chi connectivity index (χ2v) is 5.38. The van der Waals surface area contributed by atoms with Gasteiger partial charge in [0.25, 0.3) is 0 Å². The van der Waals surface area contributed by atoms with Gasteiger partial charge in [0.1, 0.15) is 0 Å². The van der Waals surface area contributed by atoms with Gasteiger partial charge in [-0.2, -0.15) is 5.26 Å². The van der Waals surface area contributed by atoms with Crippen LogP contribution in [0.15, 0.2) is 42.6 Å². The third-order valence-corrected chi connectivity index (χ3v) is 3.80. The van der Waals surface area contributed by atoms with Gasteiger partial charge in [0.15, 0.2) is 0 Å². The molecule has 0 saturated heterocycles. The lowest BCUT2D eigenvalue weighted by molar-refractivity contribution is 0.0698. The molecule has 23 heavy (non-hydrogen) atoms. The van der Waals surface area contributed by atoms with Crippen molar-refractivity contribution in [3.05, 3.63) is 65.0 Å². The molecule has 3 aromatic rings. The molecule has 0 amide bonds. The number of aromatic carboxylic acids is 1. The van der Waals surface area contributed by atoms with Crippen molar-refractivity contribution in [1.29, 1.82) is 5.26 Å². The Kier molecular flexibility index (Phi) is 4.07. The molecular formula is C18H15N3O2. The monoisotopic (exact) mass is 305 g/mol. The largest absolute Gasteiger partial charge is 0.478 e. The first kappa shape index (κ1) is 14.8. The number of aromatic amines is 1. The summed E-state index contributed by atoms with van der Waals surface area (Å²) in [7, 11) is 0. The highest BCUT2D eigenvalue weighted by atomic mass is 16.4. The Morgan fingerprint density at radius 2 is 2.00 bits per heavy atom. The molecule has 0 radical (unpaired) electrons. The summed E-state index contributed by atoms with van der Waals surface area (Å²) < 4.78 is 0. The van der Waals surface area contributed by atoms with Gasteiger partial charge in [-0.25, -0.2) is 4.79 Å². The molecule has 2 N–H and O–H groups in total. The number of nitriles is 1. The summed E-state index contributed by atoms with van der Waals surface area (Å²) in [6, 6.07) is 13.1. The van der Waals surface area contributed by atoms with Crippen LogP contribution in [0.4, 0.5) is 0 Å². The first-order valence-electron chi connectivity index (χ1n) is 7.36. The summed E-state index contributed by atoms with van der Waals surface area (Å²) in [5.74, 6) is -0.955. The minimum Gasteiger partial charge on any atom is -0.478 e. The average molecular weight is 305 g/mol. The first-order valence-corrected chi connectivity index (χ1v) is 7.36. The van der Waals surface area contributed by atoms with E-state index >= 15 is 0 Å². The van der Waals surface area contributed by atoms with Crippen LogP contribution in [0.3, 0.4) is 0 Å². The van der Waals surface area contributed by atoms with Crippen molar-refractivity contribution in [3.8, 4) is 6.07 Å². The SMILES string of the molecule is N#Cc1ccc(CCCc2cc3nccc(C(=O)O)c3[nH]2)cc1. The molecule has 0 aliphatic rings. The number of carboxylic acid groups (broad SMARTS) is 1. The molecule has 0 bridgehead atoms. The number of carboxylic acids is 1. The molecule has 5 heteroatoms. The second kappa shape index (κ2) is 6.32. The van der Waals surface area contributed by atoms with E-state index in [1.165, 1.54) is 17.8 Å². The number of aryl methyl sites for hydroxylation is 2. The van der Waals surface area contributed by atoms with Gasteiger partial charge in [0, 0.05) is 11.9 Å². The van der Waals surface area contributed by atoms with E-state index < -0.39 is 5.97 Å². The minimum atomic E-state index is -0.955. The summed E-state index contributed by atoms with van der Waals surface area (Å²) in [5.41, 5.74) is 4.33. The van der Waals surface area contributed by atoms with Crippen LogP contribution < -0.4 is 0 Å². The standard InChI is InChI=1S/C18H15N3O2/c19-11-13-6-4-12(5-7-13)2-1-3-14-10-16-17(21-14)15(18(22)23)8-9-20-16/h4-10,21H,1-3H2,(H,22,23). The van der Waals surface area contributed by atoms with Crippen LogP contribution >= 0.6 is 0 Å². The lowest BCUT2D eigenvalue weighted by Gasteiger charge is -2.01. The highest BCUT2D eigenvalue weighted by molar-refractivity contribution is 6.00. The Balaban J connectivity index is 1.68. The second-order valence-electron chi connectivity index (χ2n) is 5.38. The third kappa shape index (κ3) is 3.22. The lowest BCUT2D eigenvalue weighted by Crippen LogP contribution is -1.98. The number of carbonyl (C=O) groups is 1. The van der Waals surface area contributed by atoms with Crippen molar-refractivity contribution >= 4 is 17.0 Å². The number of rotatable bonds is 5. The molecule has 114 valence electrons. The zero-order valence-electron chi connectivity index (χ0n) is 12.4. The van der Waals surface area contributed by atoms with E-state index in [4.69, 9.17) is 5.26 Å². The zero-order valence-corrected chi connectivity index (χ0v) is 12.4. The first-order chi connectivity index (χ1) is 11.2. The number of nitrogens with zero attached hydrogens (tertiary/aromatic N) is 2. The number of hydrogen-bond donors (Lipinski definition) is 2. The highest BCUT2D eigenvalue weighted by Crippen LogP contribution is 2.19. The van der Waals surface area contributed by atoms with Crippen molar-refractivity contribution in [3.63, 3.8) is 0 Å². The van der Waals surface area contributed by atoms with Crippen molar-refractivity contribution in [1.82, 2.24) is 9.97 Å². The quantitative estimate of drug-likeness (QED) is 0.756. The summed E-state index contributed by atoms with van der Waals surface area (Å²) in [6.45, 7) is 0. The number of benzene rings is 1. The summed E-state index contributed by atoms with van der Waals surface area (Å²) in [5, 5.41) is 18.0. The summed E-state index contributed by atoms with van der Waals surface area (Å²) >= 11 is 0. The van der Waals surface area contributed by atoms with Gasteiger partial charge in [-0.1, -0.05) is 12.1 Å². The van der Waals surface area contributed by atoms with Crippen LogP contribution in [0.5, 0.6) is 0 Å². The van der Waals surface area contributed by atoms with E-state index in [0.29, 0.717) is 16.6 Å². The Morgan fingerprint density at radius 1 is 1.22 bits per heavy atom. The normalized spacial score (nSPS) is 10.6. The predicted molar refractivity (Wildman–Crippen MR) is 86.2 cm³/mol. The van der Waals surface area contributed by atoms with Gasteiger partial charge >= 0.3 is 5.97 Å². The van der Waals surface area contributed by atoms with Crippen molar-refractivity contribution in [2.75, 3.05) is 0 Å². The van der Waals surface area contributed by atoms with Crippen LogP contribution in [-0.4, -0.2) is 21.0 Å². The van der Waals surface area contributed by atoms with Gasteiger partial charge in [-0.3, -0.25) is 4.98 Å². The number of fused-ring (bicyclic) bond motifs is 1. The molecular weight excluding hydrogens is 290 g/mol. The molecule has 0 fully saturated rings. The topological polar surface area (TPSA) is 89.8 Å². The van der Waals surface area contributed by atoms with Gasteiger partial charge in [-0.15, -0.1) is 0 Å². The number of H-pyrrole nitrogens is 1. The number of aromatic nitrogens is 2. The van der Waals surface area contributed by atoms with Gasteiger partial charge in [-0.05, 0) is 49.1 Å². The number of pyridine rings is 1. The Morgan fingerprint density at radius 3 is 2.70 bits per heavy atom. The summed E-state index contributed by atoms with van der Waals surface area (Å²) in [6.07, 6.45) is 4.16. The molecule has 0 aliphatic heterocycles. The molecule has 2 heterocycles. The molecule has 5 nitrogen and oxygen atoms in total. The molecule has 0 atom stereocenters. The van der Waals surface area contributed by atoms with Crippen LogP contribution in [0.1, 0.15) is 33.6 Å². The third-order valence-electron chi connectivity index (χ3n) is 3.80. The molecule has 1 aromatic carbocycles. The van der Waals surface area contributed by atoms with E-state index in [1.54, 1.807) is 0 Å². The van der Waals surface area contributed by atoms with Crippen LogP contribution in [0.2, 0.25) is 0 Å².